The lowest BCUT2D eigenvalue weighted by Crippen LogP contribution is -2.53. The zero-order valence-corrected chi connectivity index (χ0v) is 26.7. The Morgan fingerprint density at radius 1 is 0.778 bits per heavy atom. The molecule has 0 radical (unpaired) electrons. The average Bonchev–Trinajstić information content (AvgIpc) is 3.07. The molecular weight excluding hydrogens is 586 g/mol. The van der Waals surface area contributed by atoms with Gasteiger partial charge in [-0.05, 0) is 48.7 Å². The first-order valence-corrected chi connectivity index (χ1v) is 16.7. The van der Waals surface area contributed by atoms with Crippen LogP contribution in [0.15, 0.2) is 120 Å². The number of rotatable bonds is 16. The van der Waals surface area contributed by atoms with Crippen LogP contribution in [0.3, 0.4) is 0 Å². The summed E-state index contributed by atoms with van der Waals surface area (Å²) in [5.41, 5.74) is 1.94. The average molecular weight is 628 g/mol. The number of ether oxygens (including phenoxy) is 1. The second-order valence-corrected chi connectivity index (χ2v) is 12.4. The summed E-state index contributed by atoms with van der Waals surface area (Å²) >= 11 is 0. The number of nitrogens with one attached hydrogen (secondary N) is 1. The van der Waals surface area contributed by atoms with Crippen molar-refractivity contribution in [2.24, 2.45) is 0 Å². The number of carbonyl (C=O) groups excluding carboxylic acids is 2. The molecule has 0 saturated heterocycles. The normalized spacial score (nSPS) is 11.8. The minimum Gasteiger partial charge on any atom is -0.492 e. The van der Waals surface area contributed by atoms with E-state index in [-0.39, 0.29) is 29.5 Å². The summed E-state index contributed by atoms with van der Waals surface area (Å²) in [5.74, 6) is -0.472. The van der Waals surface area contributed by atoms with Crippen molar-refractivity contribution in [1.82, 2.24) is 10.2 Å². The molecule has 1 unspecified atom stereocenters. The molecule has 2 amide bonds. The van der Waals surface area contributed by atoms with Crippen LogP contribution in [0.2, 0.25) is 0 Å². The maximum Gasteiger partial charge on any atom is 0.264 e. The summed E-state index contributed by atoms with van der Waals surface area (Å²) in [7, 11) is -4.21. The van der Waals surface area contributed by atoms with E-state index < -0.39 is 28.5 Å². The Hall–Kier alpha value is -4.63. The Morgan fingerprint density at radius 2 is 1.36 bits per heavy atom. The molecule has 9 heteroatoms. The lowest BCUT2D eigenvalue weighted by Gasteiger charge is -2.34. The predicted molar refractivity (Wildman–Crippen MR) is 177 cm³/mol. The third kappa shape index (κ3) is 8.95. The van der Waals surface area contributed by atoms with E-state index in [2.05, 4.69) is 5.32 Å². The zero-order chi connectivity index (χ0) is 32.1. The molecule has 0 spiro atoms. The number of benzene rings is 4. The van der Waals surface area contributed by atoms with Crippen LogP contribution in [-0.4, -0.2) is 50.9 Å². The number of hydrogen-bond donors (Lipinski definition) is 1. The van der Waals surface area contributed by atoms with E-state index in [4.69, 9.17) is 4.74 Å². The van der Waals surface area contributed by atoms with Gasteiger partial charge in [-0.1, -0.05) is 104 Å². The minimum atomic E-state index is -4.21. The first-order chi connectivity index (χ1) is 21.8. The minimum absolute atomic E-state index is 0.0388. The van der Waals surface area contributed by atoms with Crippen molar-refractivity contribution in [1.29, 1.82) is 0 Å². The lowest BCUT2D eigenvalue weighted by molar-refractivity contribution is -0.140. The SMILES string of the molecule is CCCCNC(=O)C(Cc1ccccc1)N(Cc1ccccc1)C(=O)CN(c1ccccc1OCC)S(=O)(=O)c1ccccc1. The molecule has 0 aliphatic heterocycles. The third-order valence-electron chi connectivity index (χ3n) is 7.34. The van der Waals surface area contributed by atoms with Crippen molar-refractivity contribution in [2.75, 3.05) is 24.0 Å². The van der Waals surface area contributed by atoms with E-state index >= 15 is 0 Å². The molecule has 0 fully saturated rings. The van der Waals surface area contributed by atoms with Crippen LogP contribution in [0, 0.1) is 0 Å². The number of sulfonamides is 1. The highest BCUT2D eigenvalue weighted by Crippen LogP contribution is 2.33. The number of amides is 2. The van der Waals surface area contributed by atoms with Crippen molar-refractivity contribution in [3.8, 4) is 5.75 Å². The van der Waals surface area contributed by atoms with Gasteiger partial charge in [0.25, 0.3) is 10.0 Å². The number of carbonyl (C=O) groups is 2. The Kier molecular flexibility index (Phi) is 12.2. The fraction of sp³-hybridized carbons (Fsp3) is 0.278. The van der Waals surface area contributed by atoms with Crippen LogP contribution in [0.25, 0.3) is 0 Å². The molecule has 8 nitrogen and oxygen atoms in total. The zero-order valence-electron chi connectivity index (χ0n) is 25.8. The Bertz CT molecular complexity index is 1620. The van der Waals surface area contributed by atoms with Crippen LogP contribution in [0.4, 0.5) is 5.69 Å². The van der Waals surface area contributed by atoms with Gasteiger partial charge in [-0.15, -0.1) is 0 Å². The molecule has 45 heavy (non-hydrogen) atoms. The summed E-state index contributed by atoms with van der Waals surface area (Å²) in [4.78, 5) is 29.9. The number of anilines is 1. The monoisotopic (exact) mass is 627 g/mol. The van der Waals surface area contributed by atoms with Crippen molar-refractivity contribution in [3.05, 3.63) is 126 Å². The van der Waals surface area contributed by atoms with Gasteiger partial charge in [0.05, 0.1) is 17.2 Å². The summed E-state index contributed by atoms with van der Waals surface area (Å²) in [6, 6.07) is 32.8. The van der Waals surface area contributed by atoms with E-state index in [1.54, 1.807) is 42.5 Å². The van der Waals surface area contributed by atoms with Gasteiger partial charge in [0.15, 0.2) is 0 Å². The van der Waals surface area contributed by atoms with Gasteiger partial charge in [-0.2, -0.15) is 0 Å². The van der Waals surface area contributed by atoms with Gasteiger partial charge in [-0.3, -0.25) is 13.9 Å². The molecule has 4 aromatic rings. The molecule has 0 aromatic heterocycles. The highest BCUT2D eigenvalue weighted by atomic mass is 32.2. The van der Waals surface area contributed by atoms with Crippen LogP contribution < -0.4 is 14.4 Å². The lowest BCUT2D eigenvalue weighted by atomic mass is 10.0. The number of nitrogens with zero attached hydrogens (tertiary/aromatic N) is 2. The molecule has 4 aromatic carbocycles. The van der Waals surface area contributed by atoms with Gasteiger partial charge >= 0.3 is 0 Å². The van der Waals surface area contributed by atoms with E-state index in [0.717, 1.165) is 28.3 Å². The topological polar surface area (TPSA) is 96.0 Å². The molecule has 0 saturated carbocycles. The molecule has 0 heterocycles. The molecule has 4 rings (SSSR count). The number of unbranched alkanes of at least 4 members (excludes halogenated alkanes) is 1. The number of para-hydroxylation sites is 2. The third-order valence-corrected chi connectivity index (χ3v) is 9.11. The van der Waals surface area contributed by atoms with Gasteiger partial charge in [0.2, 0.25) is 11.8 Å². The summed E-state index contributed by atoms with van der Waals surface area (Å²) in [5, 5.41) is 3.01. The Labute approximate surface area is 266 Å². The van der Waals surface area contributed by atoms with Crippen molar-refractivity contribution >= 4 is 27.5 Å². The van der Waals surface area contributed by atoms with Gasteiger partial charge in [-0.25, -0.2) is 8.42 Å². The van der Waals surface area contributed by atoms with Gasteiger partial charge in [0.1, 0.15) is 18.3 Å². The molecule has 1 N–H and O–H groups in total. The summed E-state index contributed by atoms with van der Waals surface area (Å²) in [6.07, 6.45) is 1.97. The van der Waals surface area contributed by atoms with Crippen LogP contribution in [0.5, 0.6) is 5.75 Å². The van der Waals surface area contributed by atoms with E-state index in [9.17, 15) is 18.0 Å². The first-order valence-electron chi connectivity index (χ1n) is 15.3. The summed E-state index contributed by atoms with van der Waals surface area (Å²) < 4.78 is 35.3. The van der Waals surface area contributed by atoms with Crippen molar-refractivity contribution < 1.29 is 22.7 Å². The highest BCUT2D eigenvalue weighted by molar-refractivity contribution is 7.92. The molecule has 236 valence electrons. The first kappa shape index (κ1) is 33.3. The predicted octanol–water partition coefficient (Wildman–Crippen LogP) is 5.84. The molecule has 1 atom stereocenters. The Balaban J connectivity index is 1.80. The van der Waals surface area contributed by atoms with E-state index in [1.165, 1.54) is 17.0 Å². The van der Waals surface area contributed by atoms with E-state index in [1.807, 2.05) is 74.5 Å². The van der Waals surface area contributed by atoms with Crippen LogP contribution in [-0.2, 0) is 32.6 Å². The standard InChI is InChI=1S/C36H41N3O5S/c1-3-5-25-37-36(41)33(26-29-17-9-6-10-18-29)38(27-30-19-11-7-12-20-30)35(40)28-39(32-23-15-16-24-34(32)44-4-2)45(42,43)31-21-13-8-14-22-31/h6-24,33H,3-5,25-28H2,1-2H3,(H,37,41). The smallest absolute Gasteiger partial charge is 0.264 e. The largest absolute Gasteiger partial charge is 0.492 e. The maximum absolute atomic E-state index is 14.5. The van der Waals surface area contributed by atoms with Crippen molar-refractivity contribution in [2.45, 2.75) is 50.6 Å². The fourth-order valence-corrected chi connectivity index (χ4v) is 6.46. The van der Waals surface area contributed by atoms with Crippen LogP contribution in [0.1, 0.15) is 37.8 Å². The fourth-order valence-electron chi connectivity index (χ4n) is 5.01. The second-order valence-electron chi connectivity index (χ2n) is 10.6. The Morgan fingerprint density at radius 3 is 1.98 bits per heavy atom. The molecule has 0 bridgehead atoms. The molecule has 0 aliphatic carbocycles. The molecular formula is C36H41N3O5S. The van der Waals surface area contributed by atoms with Gasteiger partial charge < -0.3 is 15.0 Å². The van der Waals surface area contributed by atoms with Gasteiger partial charge in [0, 0.05) is 19.5 Å². The molecule has 0 aliphatic rings. The van der Waals surface area contributed by atoms with Crippen LogP contribution >= 0.6 is 0 Å². The second kappa shape index (κ2) is 16.4. The summed E-state index contributed by atoms with van der Waals surface area (Å²) in [6.45, 7) is 4.21. The quantitative estimate of drug-likeness (QED) is 0.158. The van der Waals surface area contributed by atoms with Crippen molar-refractivity contribution in [3.63, 3.8) is 0 Å². The highest BCUT2D eigenvalue weighted by Gasteiger charge is 2.35. The number of hydrogen-bond acceptors (Lipinski definition) is 5. The maximum atomic E-state index is 14.5. The van der Waals surface area contributed by atoms with E-state index in [0.29, 0.717) is 18.9 Å².